The summed E-state index contributed by atoms with van der Waals surface area (Å²) in [5.41, 5.74) is 0.493. The summed E-state index contributed by atoms with van der Waals surface area (Å²) in [5, 5.41) is 0. The minimum Gasteiger partial charge on any atom is -0.497 e. The fourth-order valence-corrected chi connectivity index (χ4v) is 3.54. The highest BCUT2D eigenvalue weighted by molar-refractivity contribution is 5.97. The molecule has 7 nitrogen and oxygen atoms in total. The number of benzene rings is 1. The molecule has 0 saturated carbocycles. The van der Waals surface area contributed by atoms with Crippen molar-refractivity contribution in [2.45, 2.75) is 45.4 Å². The van der Waals surface area contributed by atoms with Crippen molar-refractivity contribution in [3.05, 3.63) is 54.0 Å². The third-order valence-corrected chi connectivity index (χ3v) is 5.23. The first-order chi connectivity index (χ1) is 14.5. The lowest BCUT2D eigenvalue weighted by atomic mass is 10.1. The van der Waals surface area contributed by atoms with Gasteiger partial charge in [-0.1, -0.05) is 6.07 Å². The van der Waals surface area contributed by atoms with Crippen molar-refractivity contribution in [1.82, 2.24) is 9.80 Å². The van der Waals surface area contributed by atoms with Crippen LogP contribution in [0.2, 0.25) is 0 Å². The lowest BCUT2D eigenvalue weighted by Crippen LogP contribution is -2.47. The van der Waals surface area contributed by atoms with Gasteiger partial charge in [0.25, 0.3) is 5.91 Å². The van der Waals surface area contributed by atoms with E-state index in [1.807, 2.05) is 19.9 Å². The molecule has 0 aliphatic carbocycles. The molecule has 1 atom stereocenters. The number of hydrogen-bond donors (Lipinski definition) is 0. The number of methoxy groups -OCH3 is 1. The largest absolute Gasteiger partial charge is 0.497 e. The van der Waals surface area contributed by atoms with E-state index in [4.69, 9.17) is 13.9 Å². The van der Waals surface area contributed by atoms with E-state index in [-0.39, 0.29) is 30.5 Å². The fraction of sp³-hybridized carbons (Fsp3) is 0.478. The summed E-state index contributed by atoms with van der Waals surface area (Å²) >= 11 is 0. The van der Waals surface area contributed by atoms with Gasteiger partial charge in [-0.3, -0.25) is 9.59 Å². The number of hydrogen-bond acceptors (Lipinski definition) is 5. The Morgan fingerprint density at radius 3 is 2.70 bits per heavy atom. The van der Waals surface area contributed by atoms with Gasteiger partial charge >= 0.3 is 0 Å². The molecule has 2 amide bonds. The molecule has 30 heavy (non-hydrogen) atoms. The smallest absolute Gasteiger partial charge is 0.254 e. The Morgan fingerprint density at radius 2 is 2.07 bits per heavy atom. The topological polar surface area (TPSA) is 72.2 Å². The van der Waals surface area contributed by atoms with Crippen LogP contribution in [0.4, 0.5) is 0 Å². The van der Waals surface area contributed by atoms with Gasteiger partial charge in [0.15, 0.2) is 0 Å². The number of carbonyl (C=O) groups excluding carboxylic acids is 2. The minimum atomic E-state index is -0.202. The van der Waals surface area contributed by atoms with E-state index in [1.54, 1.807) is 53.5 Å². The molecule has 0 radical (unpaired) electrons. The van der Waals surface area contributed by atoms with Gasteiger partial charge in [0.1, 0.15) is 18.1 Å². The predicted molar refractivity (Wildman–Crippen MR) is 112 cm³/mol. The Balaban J connectivity index is 1.74. The number of carbonyl (C=O) groups is 2. The number of rotatable bonds is 9. The summed E-state index contributed by atoms with van der Waals surface area (Å²) in [6.07, 6.45) is 3.54. The van der Waals surface area contributed by atoms with Gasteiger partial charge in [-0.2, -0.15) is 0 Å². The van der Waals surface area contributed by atoms with Crippen LogP contribution in [0.15, 0.2) is 47.1 Å². The number of furan rings is 1. The summed E-state index contributed by atoms with van der Waals surface area (Å²) in [6, 6.07) is 10.5. The van der Waals surface area contributed by atoms with Crippen LogP contribution in [-0.4, -0.2) is 60.6 Å². The van der Waals surface area contributed by atoms with Crippen LogP contribution >= 0.6 is 0 Å². The molecule has 1 fully saturated rings. The molecule has 1 saturated heterocycles. The first-order valence-corrected chi connectivity index (χ1v) is 10.3. The van der Waals surface area contributed by atoms with Crippen molar-refractivity contribution < 1.29 is 23.5 Å². The van der Waals surface area contributed by atoms with Crippen LogP contribution in [0, 0.1) is 0 Å². The zero-order valence-electron chi connectivity index (χ0n) is 17.9. The molecule has 0 unspecified atom stereocenters. The molecule has 0 N–H and O–H groups in total. The van der Waals surface area contributed by atoms with Gasteiger partial charge in [0.05, 0.1) is 26.0 Å². The summed E-state index contributed by atoms with van der Waals surface area (Å²) in [4.78, 5) is 29.7. The zero-order valence-corrected chi connectivity index (χ0v) is 17.9. The summed E-state index contributed by atoms with van der Waals surface area (Å²) in [5.74, 6) is 0.976. The van der Waals surface area contributed by atoms with Crippen LogP contribution in [0.25, 0.3) is 0 Å². The summed E-state index contributed by atoms with van der Waals surface area (Å²) in [7, 11) is 1.56. The van der Waals surface area contributed by atoms with Crippen LogP contribution in [-0.2, 0) is 16.1 Å². The van der Waals surface area contributed by atoms with Crippen LogP contribution < -0.4 is 4.74 Å². The maximum Gasteiger partial charge on any atom is 0.254 e. The van der Waals surface area contributed by atoms with Gasteiger partial charge < -0.3 is 23.7 Å². The van der Waals surface area contributed by atoms with Crippen molar-refractivity contribution in [2.24, 2.45) is 0 Å². The Kier molecular flexibility index (Phi) is 7.52. The van der Waals surface area contributed by atoms with Crippen molar-refractivity contribution in [3.63, 3.8) is 0 Å². The first-order valence-electron chi connectivity index (χ1n) is 10.3. The molecule has 1 aliphatic heterocycles. The van der Waals surface area contributed by atoms with Crippen LogP contribution in [0.1, 0.15) is 42.8 Å². The monoisotopic (exact) mass is 414 g/mol. The van der Waals surface area contributed by atoms with E-state index < -0.39 is 0 Å². The maximum atomic E-state index is 13.2. The number of ether oxygens (including phenoxy) is 2. The molecule has 0 spiro atoms. The van der Waals surface area contributed by atoms with Gasteiger partial charge in [-0.05, 0) is 57.0 Å². The average Bonchev–Trinajstić information content (AvgIpc) is 3.45. The fourth-order valence-electron chi connectivity index (χ4n) is 3.54. The molecule has 162 valence electrons. The van der Waals surface area contributed by atoms with E-state index in [0.717, 1.165) is 19.4 Å². The van der Waals surface area contributed by atoms with Gasteiger partial charge in [-0.15, -0.1) is 0 Å². The molecule has 0 bridgehead atoms. The van der Waals surface area contributed by atoms with Crippen molar-refractivity contribution in [1.29, 1.82) is 0 Å². The second kappa shape index (κ2) is 10.3. The van der Waals surface area contributed by atoms with E-state index in [2.05, 4.69) is 0 Å². The summed E-state index contributed by atoms with van der Waals surface area (Å²) in [6.45, 7) is 5.36. The highest BCUT2D eigenvalue weighted by atomic mass is 16.5. The SMILES string of the molecule is COc1cccc(C(=O)N(CC(=O)N(Cc2ccco2)C[C@@H]2CCCO2)C(C)C)c1. The number of nitrogens with zero attached hydrogens (tertiary/aromatic N) is 2. The predicted octanol–water partition coefficient (Wildman–Crippen LogP) is 3.35. The quantitative estimate of drug-likeness (QED) is 0.629. The normalized spacial score (nSPS) is 15.9. The third kappa shape index (κ3) is 5.63. The van der Waals surface area contributed by atoms with Crippen molar-refractivity contribution in [3.8, 4) is 5.75 Å². The molecular weight excluding hydrogens is 384 g/mol. The first kappa shape index (κ1) is 21.9. The van der Waals surface area contributed by atoms with Crippen molar-refractivity contribution >= 4 is 11.8 Å². The van der Waals surface area contributed by atoms with E-state index in [9.17, 15) is 9.59 Å². The Morgan fingerprint density at radius 1 is 1.23 bits per heavy atom. The maximum absolute atomic E-state index is 13.2. The van der Waals surface area contributed by atoms with Crippen molar-refractivity contribution in [2.75, 3.05) is 26.8 Å². The van der Waals surface area contributed by atoms with Gasteiger partial charge in [0.2, 0.25) is 5.91 Å². The molecule has 1 aromatic carbocycles. The minimum absolute atomic E-state index is 0.0128. The van der Waals surface area contributed by atoms with Crippen LogP contribution in [0.5, 0.6) is 5.75 Å². The standard InChI is InChI=1S/C23H30N2O5/c1-17(2)25(23(27)18-7-4-8-19(13-18)28-3)16-22(26)24(14-20-9-5-11-29-20)15-21-10-6-12-30-21/h4-5,7-9,11,13,17,21H,6,10,12,14-16H2,1-3H3/t21-/m0/s1. The Hall–Kier alpha value is -2.80. The van der Waals surface area contributed by atoms with E-state index >= 15 is 0 Å². The highest BCUT2D eigenvalue weighted by Gasteiger charge is 2.28. The molecule has 2 heterocycles. The number of amides is 2. The van der Waals surface area contributed by atoms with E-state index in [1.165, 1.54) is 0 Å². The highest BCUT2D eigenvalue weighted by Crippen LogP contribution is 2.18. The molecule has 1 aromatic heterocycles. The Labute approximate surface area is 177 Å². The van der Waals surface area contributed by atoms with Gasteiger partial charge in [-0.25, -0.2) is 0 Å². The van der Waals surface area contributed by atoms with Crippen LogP contribution in [0.3, 0.4) is 0 Å². The lowest BCUT2D eigenvalue weighted by Gasteiger charge is -2.31. The second-order valence-corrected chi connectivity index (χ2v) is 7.75. The second-order valence-electron chi connectivity index (χ2n) is 7.75. The zero-order chi connectivity index (χ0) is 21.5. The van der Waals surface area contributed by atoms with E-state index in [0.29, 0.717) is 30.2 Å². The average molecular weight is 415 g/mol. The summed E-state index contributed by atoms with van der Waals surface area (Å²) < 4.78 is 16.4. The third-order valence-electron chi connectivity index (χ3n) is 5.23. The molecule has 1 aliphatic rings. The lowest BCUT2D eigenvalue weighted by molar-refractivity contribution is -0.134. The molecule has 7 heteroatoms. The Bertz CT molecular complexity index is 828. The molecule has 3 rings (SSSR count). The van der Waals surface area contributed by atoms with Gasteiger partial charge in [0, 0.05) is 24.8 Å². The molecular formula is C23H30N2O5. The molecule has 2 aromatic rings.